The maximum Gasteiger partial charge on any atom is 0.309 e. The zero-order valence-electron chi connectivity index (χ0n) is 21.7. The number of carbonyl (C=O) groups is 2. The van der Waals surface area contributed by atoms with Gasteiger partial charge in [0, 0.05) is 0 Å². The first-order valence-electron chi connectivity index (χ1n) is 13.1. The van der Waals surface area contributed by atoms with Gasteiger partial charge >= 0.3 is 11.9 Å². The molecule has 0 heterocycles. The summed E-state index contributed by atoms with van der Waals surface area (Å²) in [6, 6.07) is 2.36. The zero-order valence-corrected chi connectivity index (χ0v) is 21.7. The fourth-order valence-corrected chi connectivity index (χ4v) is 5.01. The Kier molecular flexibility index (Phi) is 10.00. The second-order valence-corrected chi connectivity index (χ2v) is 11.2. The van der Waals surface area contributed by atoms with Crippen LogP contribution in [0.3, 0.4) is 0 Å². The molecule has 1 saturated carbocycles. The Hall–Kier alpha value is -1.84. The van der Waals surface area contributed by atoms with Gasteiger partial charge < -0.3 is 10.2 Å². The number of carboxylic acid groups (broad SMARTS) is 2. The lowest BCUT2D eigenvalue weighted by Crippen LogP contribution is -2.23. The van der Waals surface area contributed by atoms with E-state index < -0.39 is 17.4 Å². The summed E-state index contributed by atoms with van der Waals surface area (Å²) in [4.78, 5) is 22.5. The number of aryl methyl sites for hydroxylation is 2. The summed E-state index contributed by atoms with van der Waals surface area (Å²) >= 11 is 0. The quantitative estimate of drug-likeness (QED) is 0.250. The van der Waals surface area contributed by atoms with E-state index in [9.17, 15) is 19.8 Å². The third kappa shape index (κ3) is 7.86. The summed E-state index contributed by atoms with van der Waals surface area (Å²) in [6.07, 6.45) is 14.4. The molecule has 2 N–H and O–H groups in total. The molecule has 1 aliphatic carbocycles. The van der Waals surface area contributed by atoms with Crippen LogP contribution in [0, 0.1) is 31.6 Å². The van der Waals surface area contributed by atoms with Crippen molar-refractivity contribution in [1.82, 2.24) is 0 Å². The van der Waals surface area contributed by atoms with Crippen molar-refractivity contribution in [3.8, 4) is 0 Å². The van der Waals surface area contributed by atoms with E-state index in [1.54, 1.807) is 0 Å². The summed E-state index contributed by atoms with van der Waals surface area (Å²) < 4.78 is 0. The Morgan fingerprint density at radius 1 is 0.848 bits per heavy atom. The molecule has 1 aromatic carbocycles. The van der Waals surface area contributed by atoms with E-state index in [0.29, 0.717) is 0 Å². The van der Waals surface area contributed by atoms with Crippen molar-refractivity contribution < 1.29 is 19.8 Å². The van der Waals surface area contributed by atoms with Crippen molar-refractivity contribution in [3.63, 3.8) is 0 Å². The van der Waals surface area contributed by atoms with Gasteiger partial charge in [0.05, 0.1) is 10.8 Å². The molecule has 4 nitrogen and oxygen atoms in total. The summed E-state index contributed by atoms with van der Waals surface area (Å²) in [6.45, 7) is 10.4. The second kappa shape index (κ2) is 12.0. The smallest absolute Gasteiger partial charge is 0.309 e. The van der Waals surface area contributed by atoms with Crippen LogP contribution in [0.15, 0.2) is 6.07 Å². The maximum absolute atomic E-state index is 11.3. The highest BCUT2D eigenvalue weighted by Gasteiger charge is 2.49. The monoisotopic (exact) mass is 458 g/mol. The minimum absolute atomic E-state index is 0.370. The molecule has 1 fully saturated rings. The van der Waals surface area contributed by atoms with Crippen LogP contribution in [-0.4, -0.2) is 22.2 Å². The summed E-state index contributed by atoms with van der Waals surface area (Å²) in [5.74, 6) is -1.29. The summed E-state index contributed by atoms with van der Waals surface area (Å²) in [5.41, 5.74) is 6.25. The number of benzene rings is 1. The molecule has 1 aromatic rings. The number of hydrogen-bond donors (Lipinski definition) is 2. The van der Waals surface area contributed by atoms with Crippen LogP contribution >= 0.6 is 0 Å². The predicted octanol–water partition coefficient (Wildman–Crippen LogP) is 7.57. The lowest BCUT2D eigenvalue weighted by Gasteiger charge is -2.19. The van der Waals surface area contributed by atoms with E-state index in [-0.39, 0.29) is 5.41 Å². The van der Waals surface area contributed by atoms with E-state index in [2.05, 4.69) is 26.8 Å². The van der Waals surface area contributed by atoms with Crippen molar-refractivity contribution in [2.75, 3.05) is 0 Å². The molecule has 0 amide bonds. The number of rotatable bonds is 16. The van der Waals surface area contributed by atoms with E-state index in [4.69, 9.17) is 0 Å². The van der Waals surface area contributed by atoms with Gasteiger partial charge in [-0.2, -0.15) is 0 Å². The van der Waals surface area contributed by atoms with Gasteiger partial charge in [0.15, 0.2) is 0 Å². The van der Waals surface area contributed by atoms with E-state index >= 15 is 0 Å². The Labute approximate surface area is 201 Å². The molecular weight excluding hydrogens is 412 g/mol. The van der Waals surface area contributed by atoms with Crippen LogP contribution in [-0.2, 0) is 22.4 Å². The van der Waals surface area contributed by atoms with Crippen LogP contribution in [0.5, 0.6) is 0 Å². The lowest BCUT2D eigenvalue weighted by molar-refractivity contribution is -0.147. The van der Waals surface area contributed by atoms with Gasteiger partial charge in [-0.3, -0.25) is 9.59 Å². The van der Waals surface area contributed by atoms with Gasteiger partial charge in [0.1, 0.15) is 0 Å². The standard InChI is InChI=1S/C29H46O4/c1-21-20-24(14-10-6-8-12-16-28(4,5)26(30)31)23(3)25(22(21)2)15-11-7-9-13-17-29(18-19-29)27(32)33/h20H,6-19H2,1-5H3,(H,30,31)(H,32,33). The third-order valence-electron chi connectivity index (χ3n) is 8.09. The predicted molar refractivity (Wildman–Crippen MR) is 135 cm³/mol. The molecule has 0 aromatic heterocycles. The molecule has 1 aliphatic rings. The van der Waals surface area contributed by atoms with Crippen LogP contribution in [0.4, 0.5) is 0 Å². The zero-order chi connectivity index (χ0) is 24.6. The fourth-order valence-electron chi connectivity index (χ4n) is 5.01. The van der Waals surface area contributed by atoms with E-state index in [0.717, 1.165) is 77.0 Å². The van der Waals surface area contributed by atoms with Gasteiger partial charge in [-0.1, -0.05) is 44.6 Å². The molecule has 186 valence electrons. The second-order valence-electron chi connectivity index (χ2n) is 11.2. The van der Waals surface area contributed by atoms with Crippen LogP contribution < -0.4 is 0 Å². The van der Waals surface area contributed by atoms with Gasteiger partial charge in [-0.05, 0) is 114 Å². The van der Waals surface area contributed by atoms with Gasteiger partial charge in [-0.15, -0.1) is 0 Å². The SMILES string of the molecule is Cc1cc(CCCCCCC(C)(C)C(=O)O)c(C)c(CCCCCCC2(C(=O)O)CC2)c1C. The molecule has 0 aliphatic heterocycles. The van der Waals surface area contributed by atoms with Crippen molar-refractivity contribution >= 4 is 11.9 Å². The minimum atomic E-state index is -0.701. The average Bonchev–Trinajstić information content (AvgIpc) is 3.54. The maximum atomic E-state index is 11.3. The molecule has 4 heteroatoms. The first-order valence-corrected chi connectivity index (χ1v) is 13.1. The van der Waals surface area contributed by atoms with Crippen LogP contribution in [0.2, 0.25) is 0 Å². The molecule has 0 radical (unpaired) electrons. The number of unbranched alkanes of at least 4 members (excludes halogenated alkanes) is 6. The highest BCUT2D eigenvalue weighted by atomic mass is 16.4. The van der Waals surface area contributed by atoms with E-state index in [1.807, 2.05) is 13.8 Å². The van der Waals surface area contributed by atoms with E-state index in [1.165, 1.54) is 40.7 Å². The first kappa shape index (κ1) is 27.4. The lowest BCUT2D eigenvalue weighted by atomic mass is 9.86. The largest absolute Gasteiger partial charge is 0.481 e. The number of carboxylic acids is 2. The molecule has 33 heavy (non-hydrogen) atoms. The Morgan fingerprint density at radius 3 is 2.00 bits per heavy atom. The van der Waals surface area contributed by atoms with Crippen LogP contribution in [0.1, 0.15) is 119 Å². The van der Waals surface area contributed by atoms with Gasteiger partial charge in [0.25, 0.3) is 0 Å². The fraction of sp³-hybridized carbons (Fsp3) is 0.724. The van der Waals surface area contributed by atoms with Gasteiger partial charge in [0.2, 0.25) is 0 Å². The molecular formula is C29H46O4. The molecule has 0 spiro atoms. The first-order chi connectivity index (χ1) is 15.5. The number of hydrogen-bond acceptors (Lipinski definition) is 2. The Balaban J connectivity index is 1.75. The highest BCUT2D eigenvalue weighted by Crippen LogP contribution is 2.50. The highest BCUT2D eigenvalue weighted by molar-refractivity contribution is 5.77. The summed E-state index contributed by atoms with van der Waals surface area (Å²) in [7, 11) is 0. The number of aliphatic carboxylic acids is 2. The third-order valence-corrected chi connectivity index (χ3v) is 8.09. The van der Waals surface area contributed by atoms with Crippen molar-refractivity contribution in [2.45, 2.75) is 125 Å². The van der Waals surface area contributed by atoms with Crippen molar-refractivity contribution in [3.05, 3.63) is 33.9 Å². The van der Waals surface area contributed by atoms with Crippen LogP contribution in [0.25, 0.3) is 0 Å². The van der Waals surface area contributed by atoms with Crippen molar-refractivity contribution in [2.24, 2.45) is 10.8 Å². The van der Waals surface area contributed by atoms with Crippen molar-refractivity contribution in [1.29, 1.82) is 0 Å². The Bertz CT molecular complexity index is 817. The molecule has 0 bridgehead atoms. The molecule has 0 atom stereocenters. The Morgan fingerprint density at radius 2 is 1.42 bits per heavy atom. The van der Waals surface area contributed by atoms with Gasteiger partial charge in [-0.25, -0.2) is 0 Å². The molecule has 2 rings (SSSR count). The topological polar surface area (TPSA) is 74.6 Å². The minimum Gasteiger partial charge on any atom is -0.481 e. The molecule has 0 saturated heterocycles. The summed E-state index contributed by atoms with van der Waals surface area (Å²) in [5, 5.41) is 18.5. The molecule has 0 unspecified atom stereocenters. The average molecular weight is 459 g/mol. The normalized spacial score (nSPS) is 14.9.